The number of rotatable bonds is 6. The molecule has 5 atom stereocenters. The lowest BCUT2D eigenvalue weighted by Gasteiger charge is -2.23. The second kappa shape index (κ2) is 9.52. The minimum absolute atomic E-state index is 0.0296. The van der Waals surface area contributed by atoms with E-state index in [1.165, 1.54) is 6.07 Å². The van der Waals surface area contributed by atoms with Gasteiger partial charge in [-0.15, -0.1) is 0 Å². The fourth-order valence-electron chi connectivity index (χ4n) is 4.73. The van der Waals surface area contributed by atoms with Crippen molar-refractivity contribution in [2.24, 2.45) is 0 Å². The quantitative estimate of drug-likeness (QED) is 0.465. The summed E-state index contributed by atoms with van der Waals surface area (Å²) in [6.07, 6.45) is -2.34. The van der Waals surface area contributed by atoms with E-state index in [0.29, 0.717) is 13.2 Å². The number of hydrogen-bond acceptors (Lipinski definition) is 8. The van der Waals surface area contributed by atoms with Gasteiger partial charge in [-0.05, 0) is 0 Å². The Morgan fingerprint density at radius 1 is 1.00 bits per heavy atom. The molecule has 3 fully saturated rings. The highest BCUT2D eigenvalue weighted by Gasteiger charge is 2.48. The molecule has 12 heteroatoms. The lowest BCUT2D eigenvalue weighted by atomic mass is 10.1. The summed E-state index contributed by atoms with van der Waals surface area (Å²) in [7, 11) is 0. The molecule has 3 N–H and O–H groups in total. The number of hydrogen-bond donors (Lipinski definition) is 3. The van der Waals surface area contributed by atoms with Crippen LogP contribution in [0.3, 0.4) is 0 Å². The number of aromatic nitrogens is 2. The lowest BCUT2D eigenvalue weighted by Crippen LogP contribution is -2.41. The van der Waals surface area contributed by atoms with Gasteiger partial charge in [0.15, 0.2) is 17.8 Å². The van der Waals surface area contributed by atoms with Crippen molar-refractivity contribution in [3.05, 3.63) is 41.7 Å². The summed E-state index contributed by atoms with van der Waals surface area (Å²) in [5, 5.41) is 13.0. The van der Waals surface area contributed by atoms with Gasteiger partial charge in [0.1, 0.15) is 54.1 Å². The molecule has 0 radical (unpaired) electrons. The zero-order valence-electron chi connectivity index (χ0n) is 19.0. The number of aliphatic hydroxyl groups is 1. The maximum Gasteiger partial charge on any atom is 0.193 e. The van der Waals surface area contributed by atoms with Gasteiger partial charge in [-0.1, -0.05) is 0 Å². The van der Waals surface area contributed by atoms with Crippen molar-refractivity contribution in [1.82, 2.24) is 15.3 Å². The van der Waals surface area contributed by atoms with E-state index in [0.717, 1.165) is 24.7 Å². The fourth-order valence-corrected chi connectivity index (χ4v) is 4.73. The van der Waals surface area contributed by atoms with Crippen LogP contribution in [0.25, 0.3) is 22.3 Å². The van der Waals surface area contributed by atoms with Crippen molar-refractivity contribution in [1.29, 1.82) is 0 Å². The summed E-state index contributed by atoms with van der Waals surface area (Å²) in [5.41, 5.74) is -0.524. The third-order valence-corrected chi connectivity index (χ3v) is 6.48. The average Bonchev–Trinajstić information content (AvgIpc) is 3.55. The number of halogens is 3. The van der Waals surface area contributed by atoms with Crippen LogP contribution in [-0.4, -0.2) is 85.1 Å². The Morgan fingerprint density at radius 2 is 1.81 bits per heavy atom. The molecule has 9 nitrogen and oxygen atoms in total. The molecule has 0 aliphatic carbocycles. The highest BCUT2D eigenvalue weighted by Crippen LogP contribution is 2.34. The molecule has 1 aromatic carbocycles. The van der Waals surface area contributed by atoms with E-state index in [1.54, 1.807) is 0 Å². The Kier molecular flexibility index (Phi) is 6.21. The van der Waals surface area contributed by atoms with Crippen molar-refractivity contribution >= 4 is 11.0 Å². The number of ether oxygens (including phenoxy) is 5. The van der Waals surface area contributed by atoms with Crippen LogP contribution >= 0.6 is 0 Å². The first-order chi connectivity index (χ1) is 17.5. The zero-order chi connectivity index (χ0) is 24.8. The van der Waals surface area contributed by atoms with Crippen molar-refractivity contribution in [2.45, 2.75) is 30.5 Å². The molecule has 192 valence electrons. The van der Waals surface area contributed by atoms with E-state index in [-0.39, 0.29) is 48.6 Å². The van der Waals surface area contributed by atoms with E-state index in [4.69, 9.17) is 23.7 Å². The third-order valence-electron chi connectivity index (χ3n) is 6.48. The molecule has 5 heterocycles. The molecule has 3 aliphatic heterocycles. The maximum atomic E-state index is 14.9. The molecule has 2 aromatic heterocycles. The predicted molar refractivity (Wildman–Crippen MR) is 119 cm³/mol. The first-order valence-electron chi connectivity index (χ1n) is 11.7. The highest BCUT2D eigenvalue weighted by atomic mass is 19.1. The van der Waals surface area contributed by atoms with Gasteiger partial charge >= 0.3 is 0 Å². The summed E-state index contributed by atoms with van der Waals surface area (Å²) in [4.78, 5) is 7.05. The van der Waals surface area contributed by atoms with Crippen molar-refractivity contribution < 1.29 is 42.0 Å². The first kappa shape index (κ1) is 23.5. The Labute approximate surface area is 203 Å². The maximum absolute atomic E-state index is 14.9. The Balaban J connectivity index is 1.22. The highest BCUT2D eigenvalue weighted by molar-refractivity contribution is 5.81. The summed E-state index contributed by atoms with van der Waals surface area (Å²) < 4.78 is 72.7. The van der Waals surface area contributed by atoms with Crippen LogP contribution in [0.5, 0.6) is 11.6 Å². The van der Waals surface area contributed by atoms with Gasteiger partial charge < -0.3 is 39.1 Å². The van der Waals surface area contributed by atoms with E-state index >= 15 is 0 Å². The standard InChI is InChI=1S/C24H24F3N3O6/c25-13-3-11(33-8-12-7-28-1-2-32-12)4-14(26)21(13)22-15(27)5-16-17(30-22)6-20(29-16)36-19-10-35-23-18(31)9-34-24(19)23/h3-6,12,18-19,23-24,28-29,31H,1-2,7-10H2/t12?,18-,19-,23-,24-/m1/s1. The van der Waals surface area contributed by atoms with Gasteiger partial charge in [0.2, 0.25) is 0 Å². The van der Waals surface area contributed by atoms with Crippen molar-refractivity contribution in [3.63, 3.8) is 0 Å². The number of H-pyrrole nitrogens is 1. The average molecular weight is 507 g/mol. The van der Waals surface area contributed by atoms with E-state index in [9.17, 15) is 18.3 Å². The first-order valence-corrected chi connectivity index (χ1v) is 11.7. The number of aromatic amines is 1. The van der Waals surface area contributed by atoms with E-state index < -0.39 is 53.1 Å². The minimum Gasteiger partial charge on any atom is -0.491 e. The summed E-state index contributed by atoms with van der Waals surface area (Å²) in [6.45, 7) is 2.33. The van der Waals surface area contributed by atoms with Crippen LogP contribution in [-0.2, 0) is 14.2 Å². The zero-order valence-corrected chi connectivity index (χ0v) is 19.0. The van der Waals surface area contributed by atoms with Gasteiger partial charge in [-0.3, -0.25) is 0 Å². The molecular formula is C24H24F3N3O6. The molecule has 0 spiro atoms. The number of fused-ring (bicyclic) bond motifs is 2. The molecule has 3 aliphatic rings. The van der Waals surface area contributed by atoms with Gasteiger partial charge in [0, 0.05) is 37.4 Å². The number of benzene rings is 1. The molecular weight excluding hydrogens is 483 g/mol. The second-order valence-electron chi connectivity index (χ2n) is 8.97. The summed E-state index contributed by atoms with van der Waals surface area (Å²) in [6, 6.07) is 4.60. The van der Waals surface area contributed by atoms with Crippen LogP contribution < -0.4 is 14.8 Å². The Bertz CT molecular complexity index is 1240. The van der Waals surface area contributed by atoms with Gasteiger partial charge in [-0.25, -0.2) is 18.2 Å². The Hall–Kier alpha value is -2.90. The molecule has 0 saturated carbocycles. The molecule has 0 amide bonds. The Morgan fingerprint density at radius 3 is 2.58 bits per heavy atom. The van der Waals surface area contributed by atoms with Crippen LogP contribution in [0.1, 0.15) is 0 Å². The number of pyridine rings is 1. The van der Waals surface area contributed by atoms with Crippen LogP contribution in [0, 0.1) is 17.5 Å². The monoisotopic (exact) mass is 507 g/mol. The SMILES string of the molecule is O[C@@H]1CO[C@H]2[C@@H]1OC[C@H]2Oc1cc2nc(-c3c(F)cc(OCC4CNCCO4)cc3F)c(F)cc2[nH]1. The van der Waals surface area contributed by atoms with Crippen LogP contribution in [0.2, 0.25) is 0 Å². The summed E-state index contributed by atoms with van der Waals surface area (Å²) in [5.74, 6) is -2.68. The smallest absolute Gasteiger partial charge is 0.193 e. The van der Waals surface area contributed by atoms with Gasteiger partial charge in [-0.2, -0.15) is 0 Å². The topological polar surface area (TPSA) is 107 Å². The largest absolute Gasteiger partial charge is 0.491 e. The summed E-state index contributed by atoms with van der Waals surface area (Å²) >= 11 is 0. The molecule has 3 saturated heterocycles. The van der Waals surface area contributed by atoms with Crippen molar-refractivity contribution in [2.75, 3.05) is 39.5 Å². The van der Waals surface area contributed by atoms with Crippen LogP contribution in [0.4, 0.5) is 13.2 Å². The minimum atomic E-state index is -1.00. The molecule has 3 aromatic rings. The lowest BCUT2D eigenvalue weighted by molar-refractivity contribution is 0.0000797. The van der Waals surface area contributed by atoms with E-state index in [2.05, 4.69) is 15.3 Å². The normalized spacial score (nSPS) is 27.9. The number of nitrogens with zero attached hydrogens (tertiary/aromatic N) is 1. The number of morpholine rings is 1. The van der Waals surface area contributed by atoms with Gasteiger partial charge in [0.05, 0.1) is 36.4 Å². The van der Waals surface area contributed by atoms with E-state index in [1.807, 2.05) is 0 Å². The molecule has 1 unspecified atom stereocenters. The molecule has 6 rings (SSSR count). The van der Waals surface area contributed by atoms with Crippen molar-refractivity contribution in [3.8, 4) is 22.9 Å². The predicted octanol–water partition coefficient (Wildman–Crippen LogP) is 1.92. The second-order valence-corrected chi connectivity index (χ2v) is 8.97. The molecule has 36 heavy (non-hydrogen) atoms. The number of aliphatic hydroxyl groups excluding tert-OH is 1. The fraction of sp³-hybridized carbons (Fsp3) is 0.458. The van der Waals surface area contributed by atoms with Crippen LogP contribution in [0.15, 0.2) is 24.3 Å². The molecule has 0 bridgehead atoms. The number of nitrogens with one attached hydrogen (secondary N) is 2. The van der Waals surface area contributed by atoms with Gasteiger partial charge in [0.25, 0.3) is 0 Å². The third kappa shape index (κ3) is 4.39.